The van der Waals surface area contributed by atoms with Crippen molar-refractivity contribution < 1.29 is 19.1 Å². The third-order valence-corrected chi connectivity index (χ3v) is 6.58. The smallest absolute Gasteiger partial charge is 0.354 e. The molecular formula is C27H34N4O4. The van der Waals surface area contributed by atoms with Crippen molar-refractivity contribution >= 4 is 23.3 Å². The summed E-state index contributed by atoms with van der Waals surface area (Å²) in [5.41, 5.74) is 2.33. The van der Waals surface area contributed by atoms with Crippen LogP contribution < -0.4 is 15.1 Å². The summed E-state index contributed by atoms with van der Waals surface area (Å²) in [6.07, 6.45) is 2.31. The van der Waals surface area contributed by atoms with Crippen molar-refractivity contribution in [3.05, 3.63) is 60.2 Å². The lowest BCUT2D eigenvalue weighted by molar-refractivity contribution is -0.135. The summed E-state index contributed by atoms with van der Waals surface area (Å²) in [4.78, 5) is 27.9. The predicted molar refractivity (Wildman–Crippen MR) is 135 cm³/mol. The summed E-state index contributed by atoms with van der Waals surface area (Å²) in [6, 6.07) is 17.1. The molecule has 0 aromatic heterocycles. The van der Waals surface area contributed by atoms with Crippen LogP contribution in [0.3, 0.4) is 0 Å². The molecule has 8 nitrogen and oxygen atoms in total. The number of nitrogens with zero attached hydrogens (tertiary/aromatic N) is 3. The largest absolute Gasteiger partial charge is 0.497 e. The van der Waals surface area contributed by atoms with Crippen molar-refractivity contribution in [2.45, 2.75) is 38.8 Å². The molecule has 0 aliphatic carbocycles. The molecule has 0 spiro atoms. The number of anilines is 1. The lowest BCUT2D eigenvalue weighted by Gasteiger charge is -2.32. The molecule has 1 fully saturated rings. The number of para-hydroxylation sites is 1. The lowest BCUT2D eigenvalue weighted by Crippen LogP contribution is -2.45. The van der Waals surface area contributed by atoms with E-state index in [1.807, 2.05) is 42.5 Å². The van der Waals surface area contributed by atoms with E-state index in [2.05, 4.69) is 27.5 Å². The van der Waals surface area contributed by atoms with Gasteiger partial charge >= 0.3 is 5.97 Å². The van der Waals surface area contributed by atoms with Gasteiger partial charge in [0.05, 0.1) is 19.4 Å². The maximum Gasteiger partial charge on any atom is 0.354 e. The first-order chi connectivity index (χ1) is 17.1. The van der Waals surface area contributed by atoms with Gasteiger partial charge in [-0.2, -0.15) is 5.10 Å². The number of hydrogen-bond acceptors (Lipinski definition) is 7. The molecule has 186 valence electrons. The van der Waals surface area contributed by atoms with Gasteiger partial charge < -0.3 is 14.8 Å². The molecule has 2 aromatic carbocycles. The number of nitrogens with one attached hydrogen (secondary N) is 1. The number of rotatable bonds is 9. The Morgan fingerprint density at radius 1 is 1.06 bits per heavy atom. The van der Waals surface area contributed by atoms with Gasteiger partial charge in [0.25, 0.3) is 0 Å². The van der Waals surface area contributed by atoms with Crippen LogP contribution in [0.15, 0.2) is 59.7 Å². The zero-order valence-corrected chi connectivity index (χ0v) is 20.5. The Morgan fingerprint density at radius 2 is 1.77 bits per heavy atom. The molecular weight excluding hydrogens is 444 g/mol. The summed E-state index contributed by atoms with van der Waals surface area (Å²) in [6.45, 7) is 5.59. The number of amides is 1. The van der Waals surface area contributed by atoms with Crippen molar-refractivity contribution in [3.63, 3.8) is 0 Å². The zero-order chi connectivity index (χ0) is 24.6. The summed E-state index contributed by atoms with van der Waals surface area (Å²) in [5.74, 6) is 0.727. The highest BCUT2D eigenvalue weighted by molar-refractivity contribution is 6.38. The number of carbonyl (C=O) groups is 2. The molecule has 1 saturated heterocycles. The number of likely N-dealkylation sites (tertiary alicyclic amines) is 1. The van der Waals surface area contributed by atoms with Crippen molar-refractivity contribution in [1.29, 1.82) is 0 Å². The molecule has 35 heavy (non-hydrogen) atoms. The number of benzene rings is 2. The van der Waals surface area contributed by atoms with E-state index in [4.69, 9.17) is 9.47 Å². The van der Waals surface area contributed by atoms with Crippen LogP contribution in [0.2, 0.25) is 0 Å². The van der Waals surface area contributed by atoms with Gasteiger partial charge in [0.2, 0.25) is 5.91 Å². The van der Waals surface area contributed by atoms with Gasteiger partial charge in [0.1, 0.15) is 17.5 Å². The quantitative estimate of drug-likeness (QED) is 0.557. The average Bonchev–Trinajstić information content (AvgIpc) is 3.35. The van der Waals surface area contributed by atoms with Crippen LogP contribution in [-0.4, -0.2) is 61.9 Å². The number of ether oxygens (including phenoxy) is 2. The number of carbonyl (C=O) groups excluding carboxylic acids is 2. The first-order valence-corrected chi connectivity index (χ1v) is 12.3. The van der Waals surface area contributed by atoms with Crippen molar-refractivity contribution in [1.82, 2.24) is 10.2 Å². The maximum absolute atomic E-state index is 13.2. The molecule has 1 amide bonds. The molecule has 0 bridgehead atoms. The average molecular weight is 479 g/mol. The fraction of sp³-hybridized carbons (Fsp3) is 0.444. The number of hydrazone groups is 1. The fourth-order valence-corrected chi connectivity index (χ4v) is 4.57. The van der Waals surface area contributed by atoms with Gasteiger partial charge in [0.15, 0.2) is 0 Å². The van der Waals surface area contributed by atoms with E-state index in [0.29, 0.717) is 12.5 Å². The number of piperidine rings is 1. The molecule has 1 atom stereocenters. The number of methoxy groups -OCH3 is 1. The van der Waals surface area contributed by atoms with Crippen molar-refractivity contribution in [2.75, 3.05) is 38.4 Å². The van der Waals surface area contributed by atoms with Crippen molar-refractivity contribution in [2.24, 2.45) is 11.0 Å². The van der Waals surface area contributed by atoms with Gasteiger partial charge in [-0.15, -0.1) is 0 Å². The van der Waals surface area contributed by atoms with Crippen LogP contribution in [0.1, 0.15) is 31.7 Å². The second-order valence-electron chi connectivity index (χ2n) is 8.98. The van der Waals surface area contributed by atoms with Gasteiger partial charge in [-0.25, -0.2) is 4.79 Å². The molecule has 2 aromatic rings. The molecule has 8 heteroatoms. The second kappa shape index (κ2) is 11.8. The van der Waals surface area contributed by atoms with Crippen LogP contribution in [0.25, 0.3) is 0 Å². The number of hydrogen-bond donors (Lipinski definition) is 1. The topological polar surface area (TPSA) is 83.5 Å². The second-order valence-corrected chi connectivity index (χ2v) is 8.98. The molecule has 2 heterocycles. The van der Waals surface area contributed by atoms with Crippen molar-refractivity contribution in [3.8, 4) is 5.75 Å². The van der Waals surface area contributed by atoms with E-state index in [1.54, 1.807) is 19.0 Å². The SMILES string of the molecule is CCOC(=O)C1=NN(c2ccccc2)[C@H](C(=O)NCC2CCN(Cc3ccc(OC)cc3)CC2)C1. The van der Waals surface area contributed by atoms with Crippen LogP contribution >= 0.6 is 0 Å². The predicted octanol–water partition coefficient (Wildman–Crippen LogP) is 3.22. The standard InChI is InChI=1S/C27H34N4O4/c1-3-35-27(33)24-17-25(31(29-24)22-7-5-4-6-8-22)26(32)28-18-20-13-15-30(16-14-20)19-21-9-11-23(34-2)12-10-21/h4-12,20,25H,3,13-19H2,1-2H3,(H,28,32)/t25-/m0/s1. The Bertz CT molecular complexity index is 1020. The third-order valence-electron chi connectivity index (χ3n) is 6.58. The van der Waals surface area contributed by atoms with E-state index in [0.717, 1.165) is 43.9 Å². The Balaban J connectivity index is 1.28. The minimum absolute atomic E-state index is 0.113. The third kappa shape index (κ3) is 6.39. The number of esters is 1. The van der Waals surface area contributed by atoms with Gasteiger partial charge in [-0.3, -0.25) is 14.7 Å². The molecule has 2 aliphatic rings. The summed E-state index contributed by atoms with van der Waals surface area (Å²) >= 11 is 0. The Kier molecular flexibility index (Phi) is 8.36. The monoisotopic (exact) mass is 478 g/mol. The van der Waals surface area contributed by atoms with Crippen LogP contribution in [0.4, 0.5) is 5.69 Å². The fourth-order valence-electron chi connectivity index (χ4n) is 4.57. The lowest BCUT2D eigenvalue weighted by atomic mass is 9.96. The normalized spacial score (nSPS) is 18.7. The van der Waals surface area contributed by atoms with Crippen LogP contribution in [0, 0.1) is 5.92 Å². The molecule has 0 unspecified atom stereocenters. The highest BCUT2D eigenvalue weighted by Crippen LogP contribution is 2.25. The minimum atomic E-state index is -0.563. The molecule has 4 rings (SSSR count). The first-order valence-electron chi connectivity index (χ1n) is 12.3. The highest BCUT2D eigenvalue weighted by atomic mass is 16.5. The van der Waals surface area contributed by atoms with E-state index in [9.17, 15) is 9.59 Å². The molecule has 0 saturated carbocycles. The summed E-state index contributed by atoms with van der Waals surface area (Å²) < 4.78 is 10.4. The summed E-state index contributed by atoms with van der Waals surface area (Å²) in [7, 11) is 1.68. The van der Waals surface area contributed by atoms with E-state index in [-0.39, 0.29) is 24.6 Å². The van der Waals surface area contributed by atoms with Gasteiger partial charge in [-0.05, 0) is 68.6 Å². The Hall–Kier alpha value is -3.39. The van der Waals surface area contributed by atoms with Gasteiger partial charge in [-0.1, -0.05) is 30.3 Å². The maximum atomic E-state index is 13.2. The van der Waals surface area contributed by atoms with E-state index >= 15 is 0 Å². The highest BCUT2D eigenvalue weighted by Gasteiger charge is 2.37. The Labute approximate surface area is 206 Å². The van der Waals surface area contributed by atoms with E-state index in [1.165, 1.54) is 5.56 Å². The molecule has 2 aliphatic heterocycles. The summed E-state index contributed by atoms with van der Waals surface area (Å²) in [5, 5.41) is 9.20. The van der Waals surface area contributed by atoms with Gasteiger partial charge in [0, 0.05) is 19.5 Å². The van der Waals surface area contributed by atoms with Crippen LogP contribution in [-0.2, 0) is 20.9 Å². The first kappa shape index (κ1) is 24.7. The Morgan fingerprint density at radius 3 is 2.43 bits per heavy atom. The molecule has 0 radical (unpaired) electrons. The zero-order valence-electron chi connectivity index (χ0n) is 20.5. The minimum Gasteiger partial charge on any atom is -0.497 e. The van der Waals surface area contributed by atoms with E-state index < -0.39 is 12.0 Å². The molecule has 1 N–H and O–H groups in total. The van der Waals surface area contributed by atoms with Crippen LogP contribution in [0.5, 0.6) is 5.75 Å².